The second kappa shape index (κ2) is 5.94. The number of rotatable bonds is 3. The van der Waals surface area contributed by atoms with Crippen molar-refractivity contribution >= 4 is 22.7 Å². The van der Waals surface area contributed by atoms with Crippen LogP contribution >= 0.6 is 0 Å². The van der Waals surface area contributed by atoms with Crippen LogP contribution in [-0.4, -0.2) is 0 Å². The lowest BCUT2D eigenvalue weighted by atomic mass is 10.1. The summed E-state index contributed by atoms with van der Waals surface area (Å²) in [6.07, 6.45) is 0. The summed E-state index contributed by atoms with van der Waals surface area (Å²) in [7, 11) is 0. The van der Waals surface area contributed by atoms with E-state index in [1.807, 2.05) is 12.1 Å². The predicted octanol–water partition coefficient (Wildman–Crippen LogP) is 5.36. The van der Waals surface area contributed by atoms with E-state index in [4.69, 9.17) is 5.73 Å². The molecule has 0 aromatic heterocycles. The molecular formula is C20H20N2. The smallest absolute Gasteiger partial charge is 0.0490 e. The van der Waals surface area contributed by atoms with Crippen molar-refractivity contribution in [1.82, 2.24) is 0 Å². The molecule has 3 aromatic rings. The van der Waals surface area contributed by atoms with Gasteiger partial charge in [0.2, 0.25) is 0 Å². The summed E-state index contributed by atoms with van der Waals surface area (Å²) in [6, 6.07) is 24.9. The molecular weight excluding hydrogens is 268 g/mol. The number of benzene rings is 3. The second-order valence-electron chi connectivity index (χ2n) is 5.50. The Kier molecular flexibility index (Phi) is 3.84. The number of para-hydroxylation sites is 2. The van der Waals surface area contributed by atoms with Crippen LogP contribution in [0.25, 0.3) is 0 Å². The van der Waals surface area contributed by atoms with Crippen LogP contribution in [0.2, 0.25) is 0 Å². The maximum atomic E-state index is 5.85. The minimum absolute atomic E-state index is 0.776. The van der Waals surface area contributed by atoms with Gasteiger partial charge in [0.1, 0.15) is 0 Å². The van der Waals surface area contributed by atoms with Crippen LogP contribution in [0.1, 0.15) is 11.1 Å². The van der Waals surface area contributed by atoms with Crippen molar-refractivity contribution in [3.63, 3.8) is 0 Å². The molecule has 2 N–H and O–H groups in total. The molecule has 0 aliphatic carbocycles. The fourth-order valence-electron chi connectivity index (χ4n) is 2.66. The Hall–Kier alpha value is -2.74. The van der Waals surface area contributed by atoms with Gasteiger partial charge < -0.3 is 10.6 Å². The van der Waals surface area contributed by atoms with E-state index in [1.165, 1.54) is 22.5 Å². The monoisotopic (exact) mass is 288 g/mol. The molecule has 0 saturated carbocycles. The quantitative estimate of drug-likeness (QED) is 0.658. The first-order chi connectivity index (χ1) is 10.7. The van der Waals surface area contributed by atoms with Crippen molar-refractivity contribution < 1.29 is 0 Å². The predicted molar refractivity (Wildman–Crippen MR) is 95.0 cm³/mol. The summed E-state index contributed by atoms with van der Waals surface area (Å²) in [4.78, 5) is 2.28. The molecule has 0 heterocycles. The molecule has 0 radical (unpaired) electrons. The molecule has 0 aliphatic rings. The van der Waals surface area contributed by atoms with Gasteiger partial charge in [0.25, 0.3) is 0 Å². The first kappa shape index (κ1) is 14.2. The standard InChI is InChI=1S/C20H20N2/c1-15-7-3-5-9-19(15)22(18-13-11-17(21)12-14-18)20-10-6-4-8-16(20)2/h3-14H,21H2,1-2H3. The fraction of sp³-hybridized carbons (Fsp3) is 0.100. The lowest BCUT2D eigenvalue weighted by Crippen LogP contribution is -2.12. The average Bonchev–Trinajstić information content (AvgIpc) is 2.53. The molecule has 3 rings (SSSR count). The summed E-state index contributed by atoms with van der Waals surface area (Å²) in [5, 5.41) is 0. The van der Waals surface area contributed by atoms with Gasteiger partial charge in [0.05, 0.1) is 0 Å². The minimum Gasteiger partial charge on any atom is -0.399 e. The zero-order valence-corrected chi connectivity index (χ0v) is 13.0. The normalized spacial score (nSPS) is 10.5. The third-order valence-electron chi connectivity index (χ3n) is 3.86. The van der Waals surface area contributed by atoms with Crippen LogP contribution in [0, 0.1) is 13.8 Å². The molecule has 0 bridgehead atoms. The van der Waals surface area contributed by atoms with Crippen molar-refractivity contribution in [2.45, 2.75) is 13.8 Å². The van der Waals surface area contributed by atoms with Crippen LogP contribution in [0.5, 0.6) is 0 Å². The van der Waals surface area contributed by atoms with Gasteiger partial charge in [-0.05, 0) is 61.4 Å². The Morgan fingerprint density at radius 2 is 1.09 bits per heavy atom. The van der Waals surface area contributed by atoms with E-state index in [1.54, 1.807) is 0 Å². The van der Waals surface area contributed by atoms with Gasteiger partial charge in [0.15, 0.2) is 0 Å². The summed E-state index contributed by atoms with van der Waals surface area (Å²) in [6.45, 7) is 4.27. The van der Waals surface area contributed by atoms with Crippen LogP contribution in [-0.2, 0) is 0 Å². The Morgan fingerprint density at radius 1 is 0.636 bits per heavy atom. The number of nitrogens with zero attached hydrogens (tertiary/aromatic N) is 1. The number of hydrogen-bond donors (Lipinski definition) is 1. The Balaban J connectivity index is 2.21. The average molecular weight is 288 g/mol. The Bertz CT molecular complexity index is 730. The van der Waals surface area contributed by atoms with E-state index in [9.17, 15) is 0 Å². The van der Waals surface area contributed by atoms with E-state index < -0.39 is 0 Å². The van der Waals surface area contributed by atoms with E-state index in [2.05, 4.69) is 79.4 Å². The molecule has 0 aliphatic heterocycles. The molecule has 0 spiro atoms. The van der Waals surface area contributed by atoms with Gasteiger partial charge in [-0.1, -0.05) is 36.4 Å². The van der Waals surface area contributed by atoms with E-state index >= 15 is 0 Å². The Morgan fingerprint density at radius 3 is 1.55 bits per heavy atom. The number of nitrogen functional groups attached to an aromatic ring is 1. The van der Waals surface area contributed by atoms with Gasteiger partial charge in [-0.15, -0.1) is 0 Å². The highest BCUT2D eigenvalue weighted by molar-refractivity contribution is 5.80. The van der Waals surface area contributed by atoms with Crippen LogP contribution in [0.4, 0.5) is 22.7 Å². The van der Waals surface area contributed by atoms with Crippen molar-refractivity contribution in [3.8, 4) is 0 Å². The maximum absolute atomic E-state index is 5.85. The molecule has 110 valence electrons. The van der Waals surface area contributed by atoms with Crippen LogP contribution in [0.15, 0.2) is 72.8 Å². The molecule has 0 unspecified atom stereocenters. The largest absolute Gasteiger partial charge is 0.399 e. The maximum Gasteiger partial charge on any atom is 0.0490 e. The van der Waals surface area contributed by atoms with Crippen molar-refractivity contribution in [2.24, 2.45) is 0 Å². The molecule has 0 amide bonds. The van der Waals surface area contributed by atoms with Crippen LogP contribution < -0.4 is 10.6 Å². The number of hydrogen-bond acceptors (Lipinski definition) is 2. The van der Waals surface area contributed by atoms with Gasteiger partial charge in [-0.3, -0.25) is 0 Å². The number of aryl methyl sites for hydroxylation is 2. The van der Waals surface area contributed by atoms with Crippen molar-refractivity contribution in [1.29, 1.82) is 0 Å². The minimum atomic E-state index is 0.776. The van der Waals surface area contributed by atoms with E-state index in [0.717, 1.165) is 11.4 Å². The Labute approximate surface area is 131 Å². The zero-order chi connectivity index (χ0) is 15.5. The summed E-state index contributed by atoms with van der Waals surface area (Å²) < 4.78 is 0. The fourth-order valence-corrected chi connectivity index (χ4v) is 2.66. The molecule has 2 heteroatoms. The number of nitrogens with two attached hydrogens (primary N) is 1. The van der Waals surface area contributed by atoms with Crippen LogP contribution in [0.3, 0.4) is 0 Å². The van der Waals surface area contributed by atoms with E-state index in [-0.39, 0.29) is 0 Å². The first-order valence-corrected chi connectivity index (χ1v) is 7.44. The van der Waals surface area contributed by atoms with Gasteiger partial charge in [-0.2, -0.15) is 0 Å². The molecule has 0 atom stereocenters. The highest BCUT2D eigenvalue weighted by atomic mass is 15.1. The molecule has 2 nitrogen and oxygen atoms in total. The first-order valence-electron chi connectivity index (χ1n) is 7.44. The molecule has 22 heavy (non-hydrogen) atoms. The molecule has 0 fully saturated rings. The van der Waals surface area contributed by atoms with E-state index in [0.29, 0.717) is 0 Å². The zero-order valence-electron chi connectivity index (χ0n) is 13.0. The summed E-state index contributed by atoms with van der Waals surface area (Å²) in [5.41, 5.74) is 12.6. The van der Waals surface area contributed by atoms with Gasteiger partial charge in [0, 0.05) is 22.7 Å². The summed E-state index contributed by atoms with van der Waals surface area (Å²) >= 11 is 0. The van der Waals surface area contributed by atoms with Crippen molar-refractivity contribution in [2.75, 3.05) is 10.6 Å². The highest BCUT2D eigenvalue weighted by Gasteiger charge is 2.15. The van der Waals surface area contributed by atoms with Gasteiger partial charge in [-0.25, -0.2) is 0 Å². The SMILES string of the molecule is Cc1ccccc1N(c1ccc(N)cc1)c1ccccc1C. The van der Waals surface area contributed by atoms with Crippen molar-refractivity contribution in [3.05, 3.63) is 83.9 Å². The lowest BCUT2D eigenvalue weighted by Gasteiger charge is -2.28. The highest BCUT2D eigenvalue weighted by Crippen LogP contribution is 2.37. The third-order valence-corrected chi connectivity index (χ3v) is 3.86. The molecule has 0 saturated heterocycles. The lowest BCUT2D eigenvalue weighted by molar-refractivity contribution is 1.23. The summed E-state index contributed by atoms with van der Waals surface area (Å²) in [5.74, 6) is 0. The topological polar surface area (TPSA) is 29.3 Å². The second-order valence-corrected chi connectivity index (χ2v) is 5.50. The third kappa shape index (κ3) is 2.68. The molecule has 3 aromatic carbocycles. The van der Waals surface area contributed by atoms with Gasteiger partial charge >= 0.3 is 0 Å². The number of anilines is 4.